The lowest BCUT2D eigenvalue weighted by molar-refractivity contribution is 0.0938. The maximum Gasteiger partial charge on any atom is 0.261 e. The van der Waals surface area contributed by atoms with Gasteiger partial charge in [0.2, 0.25) is 0 Å². The monoisotopic (exact) mass is 282 g/mol. The maximum absolute atomic E-state index is 12.2. The van der Waals surface area contributed by atoms with E-state index in [1.54, 1.807) is 6.07 Å². The van der Waals surface area contributed by atoms with E-state index in [4.69, 9.17) is 0 Å². The number of benzene rings is 1. The second-order valence-electron chi connectivity index (χ2n) is 5.54. The van der Waals surface area contributed by atoms with Crippen molar-refractivity contribution in [2.24, 2.45) is 0 Å². The number of aromatic amines is 1. The Morgan fingerprint density at radius 1 is 1.19 bits per heavy atom. The van der Waals surface area contributed by atoms with Crippen LogP contribution in [0.2, 0.25) is 0 Å². The largest absolute Gasteiger partial charge is 0.345 e. The third-order valence-corrected chi connectivity index (χ3v) is 3.84. The van der Waals surface area contributed by atoms with Gasteiger partial charge in [0.05, 0.1) is 6.04 Å². The van der Waals surface area contributed by atoms with E-state index in [0.29, 0.717) is 5.92 Å². The van der Waals surface area contributed by atoms with Crippen molar-refractivity contribution in [3.8, 4) is 0 Å². The molecule has 1 aromatic carbocycles. The summed E-state index contributed by atoms with van der Waals surface area (Å²) < 4.78 is 0. The minimum Gasteiger partial charge on any atom is -0.345 e. The van der Waals surface area contributed by atoms with E-state index in [-0.39, 0.29) is 23.1 Å². The Morgan fingerprint density at radius 3 is 2.52 bits per heavy atom. The molecule has 2 N–H and O–H groups in total. The Labute approximate surface area is 123 Å². The van der Waals surface area contributed by atoms with Gasteiger partial charge in [-0.05, 0) is 43.4 Å². The van der Waals surface area contributed by atoms with Crippen molar-refractivity contribution in [2.75, 3.05) is 0 Å². The van der Waals surface area contributed by atoms with Gasteiger partial charge < -0.3 is 10.3 Å². The molecule has 1 aliphatic rings. The number of carbonyl (C=O) groups excluding carboxylic acids is 1. The molecule has 0 bridgehead atoms. The topological polar surface area (TPSA) is 62.0 Å². The summed E-state index contributed by atoms with van der Waals surface area (Å²) in [5.41, 5.74) is 1.81. The summed E-state index contributed by atoms with van der Waals surface area (Å²) in [5, 5.41) is 2.86. The summed E-state index contributed by atoms with van der Waals surface area (Å²) >= 11 is 0. The Kier molecular flexibility index (Phi) is 3.60. The smallest absolute Gasteiger partial charge is 0.261 e. The summed E-state index contributed by atoms with van der Waals surface area (Å²) in [6.07, 6.45) is 2.24. The lowest BCUT2D eigenvalue weighted by atomic mass is 10.1. The van der Waals surface area contributed by atoms with Crippen LogP contribution in [0, 0.1) is 0 Å². The van der Waals surface area contributed by atoms with Crippen LogP contribution in [-0.2, 0) is 0 Å². The summed E-state index contributed by atoms with van der Waals surface area (Å²) in [4.78, 5) is 27.0. The third-order valence-electron chi connectivity index (χ3n) is 3.84. The molecular weight excluding hydrogens is 264 g/mol. The fourth-order valence-electron chi connectivity index (χ4n) is 2.40. The molecule has 2 aromatic rings. The molecule has 108 valence electrons. The van der Waals surface area contributed by atoms with E-state index in [1.165, 1.54) is 0 Å². The molecule has 1 aliphatic carbocycles. The fraction of sp³-hybridized carbons (Fsp3) is 0.294. The van der Waals surface area contributed by atoms with Crippen molar-refractivity contribution in [3.63, 3.8) is 0 Å². The van der Waals surface area contributed by atoms with Gasteiger partial charge in [0, 0.05) is 5.69 Å². The molecule has 1 fully saturated rings. The van der Waals surface area contributed by atoms with E-state index in [0.717, 1.165) is 24.1 Å². The predicted octanol–water partition coefficient (Wildman–Crippen LogP) is 2.74. The van der Waals surface area contributed by atoms with Crippen LogP contribution in [0.4, 0.5) is 0 Å². The quantitative estimate of drug-likeness (QED) is 0.905. The van der Waals surface area contributed by atoms with E-state index in [2.05, 4.69) is 10.3 Å². The molecule has 1 heterocycles. The average Bonchev–Trinajstić information content (AvgIpc) is 3.32. The summed E-state index contributed by atoms with van der Waals surface area (Å²) in [6, 6.07) is 13.0. The second-order valence-corrected chi connectivity index (χ2v) is 5.54. The molecule has 0 saturated heterocycles. The number of rotatable bonds is 4. The lowest BCUT2D eigenvalue weighted by Gasteiger charge is -2.14. The normalized spacial score (nSPS) is 15.5. The zero-order valence-electron chi connectivity index (χ0n) is 11.9. The Morgan fingerprint density at radius 2 is 1.90 bits per heavy atom. The molecule has 4 heteroatoms. The Hall–Kier alpha value is -2.36. The first kappa shape index (κ1) is 13.6. The van der Waals surface area contributed by atoms with Crippen LogP contribution in [0.5, 0.6) is 0 Å². The first-order chi connectivity index (χ1) is 10.1. The van der Waals surface area contributed by atoms with Crippen LogP contribution >= 0.6 is 0 Å². The summed E-state index contributed by atoms with van der Waals surface area (Å²) in [6.45, 7) is 1.90. The van der Waals surface area contributed by atoms with Crippen LogP contribution in [0.15, 0.2) is 47.3 Å². The molecular formula is C17H18N2O2. The molecule has 4 nitrogen and oxygen atoms in total. The fourth-order valence-corrected chi connectivity index (χ4v) is 2.40. The molecule has 0 unspecified atom stereocenters. The van der Waals surface area contributed by atoms with Crippen LogP contribution in [0.3, 0.4) is 0 Å². The lowest BCUT2D eigenvalue weighted by Crippen LogP contribution is -2.31. The van der Waals surface area contributed by atoms with Crippen LogP contribution in [-0.4, -0.2) is 10.9 Å². The van der Waals surface area contributed by atoms with Crippen molar-refractivity contribution in [1.29, 1.82) is 0 Å². The molecule has 1 saturated carbocycles. The van der Waals surface area contributed by atoms with Crippen LogP contribution in [0.1, 0.15) is 53.3 Å². The average molecular weight is 282 g/mol. The zero-order valence-corrected chi connectivity index (χ0v) is 11.9. The summed E-state index contributed by atoms with van der Waals surface area (Å²) in [5.74, 6) is 0.132. The van der Waals surface area contributed by atoms with Crippen molar-refractivity contribution in [2.45, 2.75) is 31.7 Å². The highest BCUT2D eigenvalue weighted by atomic mass is 16.2. The Balaban J connectivity index is 1.74. The van der Waals surface area contributed by atoms with Gasteiger partial charge in [0.1, 0.15) is 5.56 Å². The maximum atomic E-state index is 12.2. The van der Waals surface area contributed by atoms with E-state index >= 15 is 0 Å². The third kappa shape index (κ3) is 3.05. The van der Waals surface area contributed by atoms with Crippen molar-refractivity contribution in [1.82, 2.24) is 10.3 Å². The highest BCUT2D eigenvalue weighted by molar-refractivity contribution is 5.94. The molecule has 1 amide bonds. The zero-order chi connectivity index (χ0) is 14.8. The number of aromatic nitrogens is 1. The van der Waals surface area contributed by atoms with Gasteiger partial charge in [-0.3, -0.25) is 9.59 Å². The van der Waals surface area contributed by atoms with Crippen molar-refractivity contribution < 1.29 is 4.79 Å². The number of H-pyrrole nitrogens is 1. The SMILES string of the molecule is C[C@H](NC(=O)c1ccc(C2CC2)[nH]c1=O)c1ccccc1. The molecule has 0 spiro atoms. The highest BCUT2D eigenvalue weighted by Crippen LogP contribution is 2.38. The number of pyridine rings is 1. The van der Waals surface area contributed by atoms with Gasteiger partial charge in [-0.25, -0.2) is 0 Å². The van der Waals surface area contributed by atoms with Gasteiger partial charge in [0.15, 0.2) is 0 Å². The van der Waals surface area contributed by atoms with Gasteiger partial charge in [-0.1, -0.05) is 30.3 Å². The number of hydrogen-bond donors (Lipinski definition) is 2. The number of hydrogen-bond acceptors (Lipinski definition) is 2. The molecule has 0 aliphatic heterocycles. The van der Waals surface area contributed by atoms with Crippen LogP contribution in [0.25, 0.3) is 0 Å². The molecule has 1 aromatic heterocycles. The number of amides is 1. The Bertz CT molecular complexity index is 702. The first-order valence-corrected chi connectivity index (χ1v) is 7.24. The number of nitrogens with one attached hydrogen (secondary N) is 2. The van der Waals surface area contributed by atoms with Gasteiger partial charge in [-0.2, -0.15) is 0 Å². The minimum absolute atomic E-state index is 0.138. The predicted molar refractivity (Wildman–Crippen MR) is 81.4 cm³/mol. The first-order valence-electron chi connectivity index (χ1n) is 7.24. The van der Waals surface area contributed by atoms with E-state index in [1.807, 2.05) is 43.3 Å². The minimum atomic E-state index is -0.338. The van der Waals surface area contributed by atoms with Gasteiger partial charge >= 0.3 is 0 Å². The van der Waals surface area contributed by atoms with Crippen molar-refractivity contribution >= 4 is 5.91 Å². The second kappa shape index (κ2) is 5.56. The van der Waals surface area contributed by atoms with Crippen LogP contribution < -0.4 is 10.9 Å². The van der Waals surface area contributed by atoms with Gasteiger partial charge in [0.25, 0.3) is 11.5 Å². The standard InChI is InChI=1S/C17H18N2O2/c1-11(12-5-3-2-4-6-12)18-16(20)14-9-10-15(13-7-8-13)19-17(14)21/h2-6,9-11,13H,7-8H2,1H3,(H,18,20)(H,19,21)/t11-/m0/s1. The number of carbonyl (C=O) groups is 1. The summed E-state index contributed by atoms with van der Waals surface area (Å²) in [7, 11) is 0. The molecule has 21 heavy (non-hydrogen) atoms. The van der Waals surface area contributed by atoms with E-state index in [9.17, 15) is 9.59 Å². The van der Waals surface area contributed by atoms with Crippen molar-refractivity contribution in [3.05, 3.63) is 69.6 Å². The molecule has 0 radical (unpaired) electrons. The molecule has 1 atom stereocenters. The highest BCUT2D eigenvalue weighted by Gasteiger charge is 2.25. The molecule has 3 rings (SSSR count). The van der Waals surface area contributed by atoms with Gasteiger partial charge in [-0.15, -0.1) is 0 Å². The van der Waals surface area contributed by atoms with E-state index < -0.39 is 0 Å².